The van der Waals surface area contributed by atoms with E-state index >= 15 is 0 Å². The maximum absolute atomic E-state index is 12.4. The summed E-state index contributed by atoms with van der Waals surface area (Å²) in [6.45, 7) is 8.26. The Bertz CT molecular complexity index is 894. The Hall–Kier alpha value is -2.18. The largest absolute Gasteiger partial charge is 0.507 e. The average molecular weight is 388 g/mol. The van der Waals surface area contributed by atoms with Gasteiger partial charge in [0.15, 0.2) is 0 Å². The minimum Gasteiger partial charge on any atom is -0.507 e. The highest BCUT2D eigenvalue weighted by atomic mass is 32.1. The van der Waals surface area contributed by atoms with Gasteiger partial charge < -0.3 is 14.7 Å². The van der Waals surface area contributed by atoms with E-state index in [-0.39, 0.29) is 17.1 Å². The lowest BCUT2D eigenvalue weighted by Crippen LogP contribution is -3.08. The Kier molecular flexibility index (Phi) is 5.40. The first-order chi connectivity index (χ1) is 12.7. The molecule has 1 unspecified atom stereocenters. The van der Waals surface area contributed by atoms with Crippen molar-refractivity contribution >= 4 is 28.5 Å². The minimum atomic E-state index is -0.341. The molecule has 2 heterocycles. The van der Waals surface area contributed by atoms with Crippen LogP contribution in [0.4, 0.5) is 5.00 Å². The summed E-state index contributed by atoms with van der Waals surface area (Å²) < 4.78 is 5.01. The van der Waals surface area contributed by atoms with Crippen LogP contribution >= 0.6 is 11.3 Å². The topological polar surface area (TPSA) is 63.3 Å². The normalized spacial score (nSPS) is 17.1. The molecule has 0 amide bonds. The fraction of sp³-hybridized carbons (Fsp3) is 0.429. The van der Waals surface area contributed by atoms with Gasteiger partial charge in [-0.15, -0.1) is 11.3 Å². The molecule has 1 aromatic heterocycles. The molecule has 27 heavy (non-hydrogen) atoms. The number of hydrogen-bond donors (Lipinski definition) is 2. The molecular formula is C21H27N2O3S+. The van der Waals surface area contributed by atoms with Crippen LogP contribution in [0.3, 0.4) is 0 Å². The lowest BCUT2D eigenvalue weighted by molar-refractivity contribution is -0.895. The van der Waals surface area contributed by atoms with Crippen molar-refractivity contribution in [2.24, 2.45) is 4.99 Å². The van der Waals surface area contributed by atoms with Gasteiger partial charge in [0.25, 0.3) is 0 Å². The van der Waals surface area contributed by atoms with Gasteiger partial charge in [0.1, 0.15) is 22.9 Å². The number of thiophene rings is 1. The molecule has 2 aromatic rings. The van der Waals surface area contributed by atoms with E-state index < -0.39 is 0 Å². The second kappa shape index (κ2) is 7.44. The van der Waals surface area contributed by atoms with Gasteiger partial charge in [-0.1, -0.05) is 26.8 Å². The van der Waals surface area contributed by atoms with Crippen molar-refractivity contribution in [3.63, 3.8) is 0 Å². The fourth-order valence-electron chi connectivity index (χ4n) is 3.26. The van der Waals surface area contributed by atoms with Crippen molar-refractivity contribution in [3.8, 4) is 5.75 Å². The summed E-state index contributed by atoms with van der Waals surface area (Å²) in [6, 6.07) is 5.57. The van der Waals surface area contributed by atoms with Gasteiger partial charge in [0, 0.05) is 18.2 Å². The van der Waals surface area contributed by atoms with Gasteiger partial charge in [-0.2, -0.15) is 0 Å². The molecule has 0 saturated carbocycles. The van der Waals surface area contributed by atoms with Crippen molar-refractivity contribution in [2.45, 2.75) is 39.2 Å². The highest BCUT2D eigenvalue weighted by molar-refractivity contribution is 7.16. The van der Waals surface area contributed by atoms with Gasteiger partial charge in [0.05, 0.1) is 25.6 Å². The van der Waals surface area contributed by atoms with E-state index in [1.165, 1.54) is 16.9 Å². The monoisotopic (exact) mass is 387 g/mol. The number of carbonyl (C=O) groups is 1. The smallest absolute Gasteiger partial charge is 0.341 e. The zero-order chi connectivity index (χ0) is 19.8. The third-order valence-electron chi connectivity index (χ3n) is 4.94. The van der Waals surface area contributed by atoms with Crippen molar-refractivity contribution in [1.82, 2.24) is 0 Å². The summed E-state index contributed by atoms with van der Waals surface area (Å²) >= 11 is 1.54. The third-order valence-corrected chi connectivity index (χ3v) is 6.08. The van der Waals surface area contributed by atoms with E-state index in [1.54, 1.807) is 23.6 Å². The van der Waals surface area contributed by atoms with E-state index in [1.807, 2.05) is 12.1 Å². The molecule has 0 bridgehead atoms. The Morgan fingerprint density at radius 3 is 2.78 bits per heavy atom. The van der Waals surface area contributed by atoms with Crippen LogP contribution in [0.15, 0.2) is 23.2 Å². The molecule has 5 nitrogen and oxygen atoms in total. The number of carbonyl (C=O) groups excluding carboxylic acids is 1. The van der Waals surface area contributed by atoms with Gasteiger partial charge in [-0.25, -0.2) is 9.79 Å². The molecule has 1 atom stereocenters. The number of phenolic OH excluding ortho intramolecular Hbond substituents is 1. The zero-order valence-corrected chi connectivity index (χ0v) is 17.4. The van der Waals surface area contributed by atoms with Crippen molar-refractivity contribution in [1.29, 1.82) is 0 Å². The highest BCUT2D eigenvalue weighted by Crippen LogP contribution is 2.37. The number of benzene rings is 1. The molecule has 0 spiro atoms. The summed E-state index contributed by atoms with van der Waals surface area (Å²) in [5.41, 5.74) is 3.38. The van der Waals surface area contributed by atoms with E-state index in [2.05, 4.69) is 32.8 Å². The Morgan fingerprint density at radius 1 is 1.37 bits per heavy atom. The number of likely N-dealkylation sites (N-methyl/N-ethyl adjacent to an activating group) is 1. The standard InChI is InChI=1S/C21H26N2O3S/c1-21(2,3)14-6-7-16(24)13(10-14)11-22-19-18(20(25)26-5)15-8-9-23(4)12-17(15)27-19/h6-7,10-11,24H,8-9,12H2,1-5H3/p+1/b22-11+. The number of hydrogen-bond acceptors (Lipinski definition) is 5. The van der Waals surface area contributed by atoms with Crippen LogP contribution in [-0.4, -0.2) is 38.0 Å². The summed E-state index contributed by atoms with van der Waals surface area (Å²) in [6.07, 6.45) is 2.49. The first-order valence-corrected chi connectivity index (χ1v) is 9.94. The third kappa shape index (κ3) is 4.06. The predicted octanol–water partition coefficient (Wildman–Crippen LogP) is 2.86. The number of nitrogens with zero attached hydrogens (tertiary/aromatic N) is 1. The Labute approximate surface area is 164 Å². The van der Waals surface area contributed by atoms with Gasteiger partial charge in [-0.05, 0) is 28.7 Å². The van der Waals surface area contributed by atoms with Crippen LogP contribution in [0, 0.1) is 0 Å². The molecule has 1 aliphatic heterocycles. The molecule has 0 aliphatic carbocycles. The van der Waals surface area contributed by atoms with E-state index in [4.69, 9.17) is 4.74 Å². The quantitative estimate of drug-likeness (QED) is 0.629. The Balaban J connectivity index is 2.02. The summed E-state index contributed by atoms with van der Waals surface area (Å²) in [5, 5.41) is 10.9. The first kappa shape index (κ1) is 19.6. The molecular weight excluding hydrogens is 360 g/mol. The minimum absolute atomic E-state index is 0.0249. The van der Waals surface area contributed by atoms with Crippen LogP contribution in [0.2, 0.25) is 0 Å². The summed E-state index contributed by atoms with van der Waals surface area (Å²) in [5.74, 6) is -0.163. The maximum atomic E-state index is 12.4. The second-order valence-electron chi connectivity index (χ2n) is 8.09. The fourth-order valence-corrected chi connectivity index (χ4v) is 4.56. The maximum Gasteiger partial charge on any atom is 0.341 e. The molecule has 6 heteroatoms. The molecule has 0 radical (unpaired) electrons. The number of aromatic hydroxyl groups is 1. The molecule has 1 aliphatic rings. The molecule has 0 fully saturated rings. The number of methoxy groups -OCH3 is 1. The van der Waals surface area contributed by atoms with Gasteiger partial charge in [0.2, 0.25) is 0 Å². The number of aliphatic imine (C=N–C) groups is 1. The number of rotatable bonds is 3. The van der Waals surface area contributed by atoms with Crippen LogP contribution in [0.1, 0.15) is 52.7 Å². The number of ether oxygens (including phenoxy) is 1. The molecule has 0 saturated heterocycles. The van der Waals surface area contributed by atoms with E-state index in [9.17, 15) is 9.90 Å². The van der Waals surface area contributed by atoms with Crippen LogP contribution < -0.4 is 4.90 Å². The average Bonchev–Trinajstić information content (AvgIpc) is 2.96. The zero-order valence-electron chi connectivity index (χ0n) is 16.5. The number of fused-ring (bicyclic) bond motifs is 1. The van der Waals surface area contributed by atoms with Crippen LogP contribution in [0.25, 0.3) is 0 Å². The first-order valence-electron chi connectivity index (χ1n) is 9.12. The van der Waals surface area contributed by atoms with Crippen LogP contribution in [0.5, 0.6) is 5.75 Å². The number of esters is 1. The number of phenols is 1. The summed E-state index contributed by atoms with van der Waals surface area (Å²) in [4.78, 5) is 19.6. The van der Waals surface area contributed by atoms with Crippen molar-refractivity contribution in [3.05, 3.63) is 45.3 Å². The summed E-state index contributed by atoms with van der Waals surface area (Å²) in [7, 11) is 3.55. The number of nitrogens with one attached hydrogen (secondary N) is 1. The Morgan fingerprint density at radius 2 is 2.11 bits per heavy atom. The molecule has 3 rings (SSSR count). The van der Waals surface area contributed by atoms with Crippen molar-refractivity contribution in [2.75, 3.05) is 20.7 Å². The predicted molar refractivity (Wildman–Crippen MR) is 109 cm³/mol. The lowest BCUT2D eigenvalue weighted by atomic mass is 9.86. The van der Waals surface area contributed by atoms with Gasteiger partial charge in [-0.3, -0.25) is 0 Å². The van der Waals surface area contributed by atoms with E-state index in [0.29, 0.717) is 16.1 Å². The molecule has 144 valence electrons. The SMILES string of the molecule is COC(=O)c1c(/N=C/c2cc(C(C)(C)C)ccc2O)sc2c1CC[NH+](C)C2. The van der Waals surface area contributed by atoms with Crippen molar-refractivity contribution < 1.29 is 19.5 Å². The highest BCUT2D eigenvalue weighted by Gasteiger charge is 2.29. The molecule has 2 N–H and O–H groups in total. The van der Waals surface area contributed by atoms with E-state index in [0.717, 1.165) is 30.6 Å². The lowest BCUT2D eigenvalue weighted by Gasteiger charge is -2.19. The number of quaternary nitrogens is 1. The molecule has 1 aromatic carbocycles. The second-order valence-corrected chi connectivity index (χ2v) is 9.17. The van der Waals surface area contributed by atoms with Gasteiger partial charge >= 0.3 is 5.97 Å². The van der Waals surface area contributed by atoms with Crippen LogP contribution in [-0.2, 0) is 23.1 Å².